The van der Waals surface area contributed by atoms with Gasteiger partial charge in [0.2, 0.25) is 0 Å². The van der Waals surface area contributed by atoms with Gasteiger partial charge in [-0.25, -0.2) is 0 Å². The zero-order valence-corrected chi connectivity index (χ0v) is 5.88. The van der Waals surface area contributed by atoms with Crippen LogP contribution in [-0.2, 0) is 0 Å². The SMILES string of the molecule is [CH2-]C(=S)N(C)C.[Li+]. The zero-order valence-electron chi connectivity index (χ0n) is 5.06. The fourth-order valence-electron chi connectivity index (χ4n) is 0. The smallest absolute Gasteiger partial charge is 0.398 e. The van der Waals surface area contributed by atoms with Gasteiger partial charge in [0.05, 0.1) is 0 Å². The Morgan fingerprint density at radius 1 is 1.57 bits per heavy atom. The third-order valence-corrected chi connectivity index (χ3v) is 0.864. The molecule has 0 aliphatic carbocycles. The van der Waals surface area contributed by atoms with Crippen LogP contribution >= 0.6 is 12.2 Å². The molecule has 3 heteroatoms. The number of nitrogens with zero attached hydrogens (tertiary/aromatic N) is 1. The van der Waals surface area contributed by atoms with Crippen molar-refractivity contribution in [3.8, 4) is 0 Å². The first-order chi connectivity index (χ1) is 2.64. The predicted molar refractivity (Wildman–Crippen MR) is 31.6 cm³/mol. The summed E-state index contributed by atoms with van der Waals surface area (Å²) in [6.07, 6.45) is 0. The van der Waals surface area contributed by atoms with Crippen LogP contribution in [0.4, 0.5) is 0 Å². The third-order valence-electron chi connectivity index (χ3n) is 0.499. The molecule has 0 aromatic rings. The summed E-state index contributed by atoms with van der Waals surface area (Å²) < 4.78 is 0. The second-order valence-corrected chi connectivity index (χ2v) is 1.76. The van der Waals surface area contributed by atoms with Crippen LogP contribution < -0.4 is 18.9 Å². The van der Waals surface area contributed by atoms with Crippen LogP contribution in [0, 0.1) is 6.92 Å². The minimum Gasteiger partial charge on any atom is -0.398 e. The van der Waals surface area contributed by atoms with E-state index in [1.807, 2.05) is 14.1 Å². The minimum absolute atomic E-state index is 0. The Labute approximate surface area is 62.3 Å². The maximum atomic E-state index is 4.63. The van der Waals surface area contributed by atoms with Crippen LogP contribution in [0.1, 0.15) is 0 Å². The fourth-order valence-corrected chi connectivity index (χ4v) is 0. The van der Waals surface area contributed by atoms with Gasteiger partial charge in [0.15, 0.2) is 0 Å². The molecule has 0 saturated carbocycles. The number of thiocarbonyl (C=S) groups is 1. The molecular weight excluding hydrogens is 101 g/mol. The van der Waals surface area contributed by atoms with Gasteiger partial charge in [-0.2, -0.15) is 0 Å². The van der Waals surface area contributed by atoms with E-state index in [-0.39, 0.29) is 18.9 Å². The van der Waals surface area contributed by atoms with Gasteiger partial charge in [-0.05, 0) is 0 Å². The van der Waals surface area contributed by atoms with Gasteiger partial charge in [0.25, 0.3) is 0 Å². The average Bonchev–Trinajstić information content (AvgIpc) is 1.36. The van der Waals surface area contributed by atoms with Crippen molar-refractivity contribution in [3.63, 3.8) is 0 Å². The van der Waals surface area contributed by atoms with Crippen LogP contribution in [0.15, 0.2) is 0 Å². The molecule has 0 saturated heterocycles. The zero-order chi connectivity index (χ0) is 5.15. The molecule has 0 bridgehead atoms. The molecule has 0 atom stereocenters. The fraction of sp³-hybridized carbons (Fsp3) is 0.500. The summed E-state index contributed by atoms with van der Waals surface area (Å²) in [4.78, 5) is 2.46. The van der Waals surface area contributed by atoms with Crippen LogP contribution in [0.3, 0.4) is 0 Å². The molecule has 0 radical (unpaired) electrons. The largest absolute Gasteiger partial charge is 1.00 e. The molecule has 0 aromatic heterocycles. The van der Waals surface area contributed by atoms with Gasteiger partial charge >= 0.3 is 18.9 Å². The van der Waals surface area contributed by atoms with Crippen LogP contribution in [0.25, 0.3) is 0 Å². The molecule has 0 aliphatic heterocycles. The van der Waals surface area contributed by atoms with E-state index in [9.17, 15) is 0 Å². The average molecular weight is 109 g/mol. The van der Waals surface area contributed by atoms with Crippen molar-refractivity contribution < 1.29 is 18.9 Å². The van der Waals surface area contributed by atoms with Gasteiger partial charge < -0.3 is 11.8 Å². The molecular formula is C4H8LiNS. The monoisotopic (exact) mass is 109 g/mol. The van der Waals surface area contributed by atoms with Gasteiger partial charge in [-0.3, -0.25) is 0 Å². The van der Waals surface area contributed by atoms with E-state index in [4.69, 9.17) is 0 Å². The number of rotatable bonds is 0. The Bertz CT molecular complexity index is 62.7. The van der Waals surface area contributed by atoms with Crippen LogP contribution in [0.2, 0.25) is 0 Å². The molecule has 0 heterocycles. The predicted octanol–water partition coefficient (Wildman–Crippen LogP) is -2.29. The molecule has 0 amide bonds. The molecule has 7 heavy (non-hydrogen) atoms. The first kappa shape index (κ1) is 10.4. The van der Waals surface area contributed by atoms with Crippen molar-refractivity contribution in [2.24, 2.45) is 0 Å². The van der Waals surface area contributed by atoms with E-state index < -0.39 is 0 Å². The second-order valence-electron chi connectivity index (χ2n) is 1.29. The van der Waals surface area contributed by atoms with Gasteiger partial charge in [0, 0.05) is 14.1 Å². The molecule has 0 spiro atoms. The van der Waals surface area contributed by atoms with Crippen LogP contribution in [0.5, 0.6) is 0 Å². The molecule has 0 N–H and O–H groups in total. The van der Waals surface area contributed by atoms with Crippen molar-refractivity contribution in [1.82, 2.24) is 4.90 Å². The molecule has 0 aliphatic rings. The van der Waals surface area contributed by atoms with Crippen molar-refractivity contribution in [2.75, 3.05) is 14.1 Å². The molecule has 36 valence electrons. The van der Waals surface area contributed by atoms with E-state index in [2.05, 4.69) is 19.1 Å². The molecule has 1 nitrogen and oxygen atoms in total. The van der Waals surface area contributed by atoms with Crippen molar-refractivity contribution in [3.05, 3.63) is 6.92 Å². The minimum atomic E-state index is 0. The van der Waals surface area contributed by atoms with E-state index in [0.717, 1.165) is 0 Å². The van der Waals surface area contributed by atoms with Gasteiger partial charge in [-0.1, -0.05) is 4.99 Å². The summed E-state index contributed by atoms with van der Waals surface area (Å²) in [5.74, 6) is 0. The molecule has 0 rings (SSSR count). The summed E-state index contributed by atoms with van der Waals surface area (Å²) in [6, 6.07) is 0. The molecule has 0 aromatic carbocycles. The summed E-state index contributed by atoms with van der Waals surface area (Å²) in [5, 5.41) is 0. The first-order valence-electron chi connectivity index (χ1n) is 1.68. The Kier molecular flexibility index (Phi) is 6.68. The van der Waals surface area contributed by atoms with E-state index in [1.54, 1.807) is 4.90 Å². The maximum Gasteiger partial charge on any atom is 1.00 e. The van der Waals surface area contributed by atoms with Crippen molar-refractivity contribution >= 4 is 17.2 Å². The van der Waals surface area contributed by atoms with Gasteiger partial charge in [-0.15, -0.1) is 12.2 Å². The summed E-state index contributed by atoms with van der Waals surface area (Å²) in [7, 11) is 3.74. The standard InChI is InChI=1S/C4H8NS.Li/c1-4(6)5(2)3;/h1H2,2-3H3;/q-1;+1. The number of hydrogen-bond acceptors (Lipinski definition) is 1. The Balaban J connectivity index is 0. The quantitative estimate of drug-likeness (QED) is 0.196. The Morgan fingerprint density at radius 3 is 1.71 bits per heavy atom. The topological polar surface area (TPSA) is 3.24 Å². The van der Waals surface area contributed by atoms with Crippen LogP contribution in [-0.4, -0.2) is 24.0 Å². The third kappa shape index (κ3) is 6.36. The summed E-state index contributed by atoms with van der Waals surface area (Å²) >= 11 is 4.63. The van der Waals surface area contributed by atoms with E-state index in [0.29, 0.717) is 4.99 Å². The Hall–Kier alpha value is 0.357. The second kappa shape index (κ2) is 4.51. The van der Waals surface area contributed by atoms with E-state index >= 15 is 0 Å². The van der Waals surface area contributed by atoms with Crippen molar-refractivity contribution in [1.29, 1.82) is 0 Å². The van der Waals surface area contributed by atoms with Crippen molar-refractivity contribution in [2.45, 2.75) is 0 Å². The Morgan fingerprint density at radius 2 is 1.71 bits per heavy atom. The number of hydrogen-bond donors (Lipinski definition) is 0. The summed E-state index contributed by atoms with van der Waals surface area (Å²) in [6.45, 7) is 3.50. The van der Waals surface area contributed by atoms with Gasteiger partial charge in [0.1, 0.15) is 0 Å². The first-order valence-corrected chi connectivity index (χ1v) is 2.08. The summed E-state index contributed by atoms with van der Waals surface area (Å²) in [5.41, 5.74) is 0. The molecule has 0 unspecified atom stereocenters. The molecule has 0 fully saturated rings. The maximum absolute atomic E-state index is 4.63. The van der Waals surface area contributed by atoms with E-state index in [1.165, 1.54) is 0 Å². The normalized spacial score (nSPS) is 6.57.